The summed E-state index contributed by atoms with van der Waals surface area (Å²) >= 11 is 0. The second-order valence-electron chi connectivity index (χ2n) is 5.20. The second-order valence-corrected chi connectivity index (χ2v) is 5.20. The van der Waals surface area contributed by atoms with E-state index in [1.807, 2.05) is 0 Å². The van der Waals surface area contributed by atoms with Crippen molar-refractivity contribution in [2.45, 2.75) is 46.2 Å². The van der Waals surface area contributed by atoms with Crippen molar-refractivity contribution in [3.63, 3.8) is 0 Å². The Kier molecular flexibility index (Phi) is 4.19. The molecule has 1 saturated carbocycles. The summed E-state index contributed by atoms with van der Waals surface area (Å²) in [7, 11) is 0. The lowest BCUT2D eigenvalue weighted by Crippen LogP contribution is -2.28. The summed E-state index contributed by atoms with van der Waals surface area (Å²) < 4.78 is 0. The molecule has 2 rings (SSSR count). The summed E-state index contributed by atoms with van der Waals surface area (Å²) in [6.45, 7) is 9.75. The zero-order valence-corrected chi connectivity index (χ0v) is 11.3. The van der Waals surface area contributed by atoms with E-state index in [0.717, 1.165) is 25.7 Å². The maximum atomic E-state index is 3.52. The molecule has 0 heterocycles. The molecule has 0 radical (unpaired) electrons. The Morgan fingerprint density at radius 1 is 1.06 bits per heavy atom. The van der Waals surface area contributed by atoms with Gasteiger partial charge in [0.15, 0.2) is 0 Å². The second kappa shape index (κ2) is 5.65. The van der Waals surface area contributed by atoms with E-state index in [4.69, 9.17) is 0 Å². The predicted molar refractivity (Wildman–Crippen MR) is 73.4 cm³/mol. The van der Waals surface area contributed by atoms with E-state index < -0.39 is 0 Å². The Morgan fingerprint density at radius 2 is 1.82 bits per heavy atom. The highest BCUT2D eigenvalue weighted by Crippen LogP contribution is 2.18. The lowest BCUT2D eigenvalue weighted by atomic mass is 9.99. The molecule has 94 valence electrons. The number of hydrogen-bond donors (Lipinski definition) is 2. The van der Waals surface area contributed by atoms with Crippen LogP contribution in [-0.2, 0) is 6.54 Å². The monoisotopic (exact) mass is 232 g/mol. The topological polar surface area (TPSA) is 24.1 Å². The first-order chi connectivity index (χ1) is 8.18. The lowest BCUT2D eigenvalue weighted by molar-refractivity contribution is 0.607. The highest BCUT2D eigenvalue weighted by atomic mass is 15.0. The van der Waals surface area contributed by atoms with Crippen molar-refractivity contribution >= 4 is 0 Å². The number of hydrogen-bond acceptors (Lipinski definition) is 2. The van der Waals surface area contributed by atoms with Crippen LogP contribution < -0.4 is 10.6 Å². The van der Waals surface area contributed by atoms with E-state index in [0.29, 0.717) is 0 Å². The SMILES string of the molecule is Cc1ccc(CNCCNC2CC2)c(C)c1C. The summed E-state index contributed by atoms with van der Waals surface area (Å²) in [4.78, 5) is 0. The number of aryl methyl sites for hydroxylation is 1. The molecule has 0 unspecified atom stereocenters. The minimum absolute atomic E-state index is 0.820. The Hall–Kier alpha value is -0.860. The van der Waals surface area contributed by atoms with Gasteiger partial charge in [-0.25, -0.2) is 0 Å². The molecule has 2 nitrogen and oxygen atoms in total. The first-order valence-electron chi connectivity index (χ1n) is 6.68. The number of benzene rings is 1. The summed E-state index contributed by atoms with van der Waals surface area (Å²) in [6.07, 6.45) is 2.74. The fraction of sp³-hybridized carbons (Fsp3) is 0.600. The van der Waals surface area contributed by atoms with Gasteiger partial charge in [-0.15, -0.1) is 0 Å². The molecule has 1 aromatic carbocycles. The van der Waals surface area contributed by atoms with Crippen LogP contribution in [0.5, 0.6) is 0 Å². The van der Waals surface area contributed by atoms with Crippen LogP contribution in [0.3, 0.4) is 0 Å². The molecule has 1 aliphatic rings. The third-order valence-electron chi connectivity index (χ3n) is 3.80. The molecule has 1 fully saturated rings. The van der Waals surface area contributed by atoms with E-state index in [2.05, 4.69) is 43.5 Å². The van der Waals surface area contributed by atoms with E-state index >= 15 is 0 Å². The van der Waals surface area contributed by atoms with E-state index in [9.17, 15) is 0 Å². The normalized spacial score (nSPS) is 15.2. The van der Waals surface area contributed by atoms with E-state index in [-0.39, 0.29) is 0 Å². The number of nitrogens with one attached hydrogen (secondary N) is 2. The molecular formula is C15H24N2. The smallest absolute Gasteiger partial charge is 0.0208 e. The van der Waals surface area contributed by atoms with Gasteiger partial charge in [-0.3, -0.25) is 0 Å². The van der Waals surface area contributed by atoms with Gasteiger partial charge in [0, 0.05) is 25.7 Å². The molecule has 1 aliphatic carbocycles. The third kappa shape index (κ3) is 3.55. The van der Waals surface area contributed by atoms with Crippen molar-refractivity contribution < 1.29 is 0 Å². The van der Waals surface area contributed by atoms with Gasteiger partial charge in [-0.05, 0) is 55.9 Å². The third-order valence-corrected chi connectivity index (χ3v) is 3.80. The average molecular weight is 232 g/mol. The van der Waals surface area contributed by atoms with Gasteiger partial charge in [-0.1, -0.05) is 12.1 Å². The molecule has 0 amide bonds. The van der Waals surface area contributed by atoms with Crippen molar-refractivity contribution in [2.75, 3.05) is 13.1 Å². The predicted octanol–water partition coefficient (Wildman–Crippen LogP) is 2.45. The van der Waals surface area contributed by atoms with Crippen LogP contribution in [0.1, 0.15) is 35.1 Å². The molecule has 2 N–H and O–H groups in total. The van der Waals surface area contributed by atoms with Gasteiger partial charge in [-0.2, -0.15) is 0 Å². The highest BCUT2D eigenvalue weighted by molar-refractivity contribution is 5.38. The maximum Gasteiger partial charge on any atom is 0.0208 e. The summed E-state index contributed by atoms with van der Waals surface area (Å²) in [5, 5.41) is 7.03. The lowest BCUT2D eigenvalue weighted by Gasteiger charge is -2.12. The van der Waals surface area contributed by atoms with Gasteiger partial charge in [0.25, 0.3) is 0 Å². The van der Waals surface area contributed by atoms with Gasteiger partial charge in [0.2, 0.25) is 0 Å². The molecule has 0 spiro atoms. The van der Waals surface area contributed by atoms with Crippen LogP contribution in [-0.4, -0.2) is 19.1 Å². The molecule has 17 heavy (non-hydrogen) atoms. The van der Waals surface area contributed by atoms with Crippen molar-refractivity contribution in [3.8, 4) is 0 Å². The van der Waals surface area contributed by atoms with E-state index in [1.54, 1.807) is 0 Å². The summed E-state index contributed by atoms with van der Waals surface area (Å²) in [5.41, 5.74) is 5.69. The molecule has 0 atom stereocenters. The van der Waals surface area contributed by atoms with Crippen LogP contribution in [0.15, 0.2) is 12.1 Å². The quantitative estimate of drug-likeness (QED) is 0.736. The molecule has 0 aliphatic heterocycles. The number of rotatable bonds is 6. The largest absolute Gasteiger partial charge is 0.313 e. The maximum absolute atomic E-state index is 3.52. The van der Waals surface area contributed by atoms with Crippen LogP contribution in [0.4, 0.5) is 0 Å². The Balaban J connectivity index is 1.75. The van der Waals surface area contributed by atoms with Gasteiger partial charge in [0.05, 0.1) is 0 Å². The van der Waals surface area contributed by atoms with Crippen molar-refractivity contribution in [1.29, 1.82) is 0 Å². The summed E-state index contributed by atoms with van der Waals surface area (Å²) in [5.74, 6) is 0. The first kappa shape index (κ1) is 12.6. The minimum atomic E-state index is 0.820. The highest BCUT2D eigenvalue weighted by Gasteiger charge is 2.19. The van der Waals surface area contributed by atoms with Crippen LogP contribution in [0.2, 0.25) is 0 Å². The molecule has 1 aromatic rings. The van der Waals surface area contributed by atoms with Crippen LogP contribution >= 0.6 is 0 Å². The standard InChI is InChI=1S/C15H24N2/c1-11-4-5-14(13(3)12(11)2)10-16-8-9-17-15-6-7-15/h4-5,15-17H,6-10H2,1-3H3. The average Bonchev–Trinajstić information content (AvgIpc) is 3.12. The zero-order chi connectivity index (χ0) is 12.3. The van der Waals surface area contributed by atoms with Crippen LogP contribution in [0.25, 0.3) is 0 Å². The molecule has 0 saturated heterocycles. The van der Waals surface area contributed by atoms with Crippen molar-refractivity contribution in [1.82, 2.24) is 10.6 Å². The van der Waals surface area contributed by atoms with E-state index in [1.165, 1.54) is 35.1 Å². The Labute approximate surface area is 105 Å². The fourth-order valence-electron chi connectivity index (χ4n) is 2.08. The van der Waals surface area contributed by atoms with Crippen molar-refractivity contribution in [3.05, 3.63) is 34.4 Å². The van der Waals surface area contributed by atoms with Gasteiger partial charge >= 0.3 is 0 Å². The van der Waals surface area contributed by atoms with Crippen molar-refractivity contribution in [2.24, 2.45) is 0 Å². The molecule has 0 bridgehead atoms. The van der Waals surface area contributed by atoms with Crippen LogP contribution in [0, 0.1) is 20.8 Å². The molecular weight excluding hydrogens is 208 g/mol. The molecule has 2 heteroatoms. The van der Waals surface area contributed by atoms with Gasteiger partial charge < -0.3 is 10.6 Å². The molecule has 0 aromatic heterocycles. The Morgan fingerprint density at radius 3 is 2.53 bits per heavy atom. The minimum Gasteiger partial charge on any atom is -0.313 e. The first-order valence-corrected chi connectivity index (χ1v) is 6.68. The zero-order valence-electron chi connectivity index (χ0n) is 11.3. The Bertz CT molecular complexity index is 381. The van der Waals surface area contributed by atoms with Gasteiger partial charge in [0.1, 0.15) is 0 Å². The summed E-state index contributed by atoms with van der Waals surface area (Å²) in [6, 6.07) is 5.29. The fourth-order valence-corrected chi connectivity index (χ4v) is 2.08.